The Morgan fingerprint density at radius 3 is 2.56 bits per heavy atom. The summed E-state index contributed by atoms with van der Waals surface area (Å²) >= 11 is 0. The Bertz CT molecular complexity index is 1100. The van der Waals surface area contributed by atoms with Crippen molar-refractivity contribution < 1.29 is 36.9 Å². The Morgan fingerprint density at radius 2 is 1.84 bits per heavy atom. The zero-order valence-corrected chi connectivity index (χ0v) is 18.5. The van der Waals surface area contributed by atoms with Crippen molar-refractivity contribution in [3.8, 4) is 23.0 Å². The Kier molecular flexibility index (Phi) is 6.28. The fourth-order valence-corrected chi connectivity index (χ4v) is 4.50. The normalized spacial score (nSPS) is 18.1. The second kappa shape index (κ2) is 9.13. The van der Waals surface area contributed by atoms with Gasteiger partial charge in [0.2, 0.25) is 6.10 Å². The molecule has 1 fully saturated rings. The smallest absolute Gasteiger partial charge is 0.267 e. The molecule has 10 nitrogen and oxygen atoms in total. The highest BCUT2D eigenvalue weighted by atomic mass is 32.2. The molecule has 0 radical (unpaired) electrons. The van der Waals surface area contributed by atoms with Gasteiger partial charge in [0.05, 0.1) is 38.0 Å². The molecule has 1 saturated heterocycles. The van der Waals surface area contributed by atoms with Crippen molar-refractivity contribution >= 4 is 21.6 Å². The van der Waals surface area contributed by atoms with Crippen LogP contribution in [0.15, 0.2) is 41.3 Å². The zero-order chi connectivity index (χ0) is 22.7. The van der Waals surface area contributed by atoms with Gasteiger partial charge in [-0.1, -0.05) is 0 Å². The van der Waals surface area contributed by atoms with Crippen molar-refractivity contribution in [1.29, 1.82) is 0 Å². The van der Waals surface area contributed by atoms with E-state index in [-0.39, 0.29) is 28.8 Å². The lowest BCUT2D eigenvalue weighted by Gasteiger charge is -2.32. The molecule has 2 heterocycles. The maximum Gasteiger partial charge on any atom is 0.267 e. The maximum atomic E-state index is 12.9. The van der Waals surface area contributed by atoms with Crippen LogP contribution in [-0.4, -0.2) is 72.5 Å². The minimum atomic E-state index is -3.94. The number of benzene rings is 2. The number of carbonyl (C=O) groups is 1. The quantitative estimate of drug-likeness (QED) is 0.685. The van der Waals surface area contributed by atoms with Crippen molar-refractivity contribution in [1.82, 2.24) is 4.90 Å². The van der Waals surface area contributed by atoms with E-state index in [1.807, 2.05) is 0 Å². The van der Waals surface area contributed by atoms with E-state index in [0.29, 0.717) is 43.6 Å². The molecule has 0 spiro atoms. The number of morpholine rings is 1. The third-order valence-electron chi connectivity index (χ3n) is 5.14. The topological polar surface area (TPSA) is 113 Å². The van der Waals surface area contributed by atoms with Crippen LogP contribution in [-0.2, 0) is 19.6 Å². The molecule has 32 heavy (non-hydrogen) atoms. The minimum absolute atomic E-state index is 0.00752. The lowest BCUT2D eigenvalue weighted by atomic mass is 10.2. The predicted molar refractivity (Wildman–Crippen MR) is 114 cm³/mol. The van der Waals surface area contributed by atoms with Gasteiger partial charge in [-0.25, -0.2) is 8.42 Å². The Labute approximate surface area is 186 Å². The summed E-state index contributed by atoms with van der Waals surface area (Å²) in [6.07, 6.45) is -0.787. The van der Waals surface area contributed by atoms with Crippen LogP contribution in [0, 0.1) is 0 Å². The molecule has 0 aromatic heterocycles. The van der Waals surface area contributed by atoms with Crippen molar-refractivity contribution in [2.24, 2.45) is 0 Å². The number of rotatable bonds is 6. The Balaban J connectivity index is 1.50. The number of amides is 1. The standard InChI is InChI=1S/C21H24N2O8S/c1-27-14-3-5-16(18(11-14)28-2)22-32(25,26)15-4-6-17-19(12-15)30-13-20(31-17)21(24)23-7-9-29-10-8-23/h3-6,11-12,20,22H,7-10,13H2,1-2H3/t20-/m1/s1. The molecule has 0 saturated carbocycles. The first-order valence-corrected chi connectivity index (χ1v) is 11.4. The van der Waals surface area contributed by atoms with Crippen LogP contribution in [0.25, 0.3) is 0 Å². The first kappa shape index (κ1) is 22.0. The SMILES string of the molecule is COc1ccc(NS(=O)(=O)c2ccc3c(c2)OC[C@H](C(=O)N2CCOCC2)O3)c(OC)c1. The summed E-state index contributed by atoms with van der Waals surface area (Å²) in [7, 11) is -0.999. The third kappa shape index (κ3) is 4.53. The van der Waals surface area contributed by atoms with E-state index < -0.39 is 16.1 Å². The summed E-state index contributed by atoms with van der Waals surface area (Å²) in [6.45, 7) is 1.98. The number of nitrogens with one attached hydrogen (secondary N) is 1. The van der Waals surface area contributed by atoms with E-state index in [9.17, 15) is 13.2 Å². The number of hydrogen-bond donors (Lipinski definition) is 1. The van der Waals surface area contributed by atoms with E-state index in [2.05, 4.69) is 4.72 Å². The van der Waals surface area contributed by atoms with Gasteiger partial charge in [-0.15, -0.1) is 0 Å². The van der Waals surface area contributed by atoms with Crippen LogP contribution in [0.1, 0.15) is 0 Å². The molecule has 1 N–H and O–H groups in total. The summed E-state index contributed by atoms with van der Waals surface area (Å²) in [6, 6.07) is 8.98. The predicted octanol–water partition coefficient (Wildman–Crippen LogP) is 1.50. The fraction of sp³-hybridized carbons (Fsp3) is 0.381. The molecule has 0 bridgehead atoms. The van der Waals surface area contributed by atoms with Crippen LogP contribution in [0.5, 0.6) is 23.0 Å². The van der Waals surface area contributed by atoms with Gasteiger partial charge >= 0.3 is 0 Å². The van der Waals surface area contributed by atoms with E-state index in [1.165, 1.54) is 32.4 Å². The molecule has 1 amide bonds. The van der Waals surface area contributed by atoms with E-state index >= 15 is 0 Å². The van der Waals surface area contributed by atoms with Crippen molar-refractivity contribution in [3.63, 3.8) is 0 Å². The van der Waals surface area contributed by atoms with Crippen molar-refractivity contribution in [2.75, 3.05) is 51.9 Å². The van der Waals surface area contributed by atoms with E-state index in [1.54, 1.807) is 23.1 Å². The highest BCUT2D eigenvalue weighted by molar-refractivity contribution is 7.92. The molecule has 2 aliphatic heterocycles. The summed E-state index contributed by atoms with van der Waals surface area (Å²) in [5.41, 5.74) is 0.263. The number of anilines is 1. The van der Waals surface area contributed by atoms with Crippen LogP contribution in [0.4, 0.5) is 5.69 Å². The molecule has 2 aromatic rings. The first-order valence-electron chi connectivity index (χ1n) is 9.96. The molecular formula is C21H24N2O8S. The van der Waals surface area contributed by atoms with Gasteiger partial charge in [0.1, 0.15) is 18.1 Å². The third-order valence-corrected chi connectivity index (χ3v) is 6.50. The molecule has 1 atom stereocenters. The lowest BCUT2D eigenvalue weighted by molar-refractivity contribution is -0.145. The molecule has 2 aromatic carbocycles. The highest BCUT2D eigenvalue weighted by Gasteiger charge is 2.32. The van der Waals surface area contributed by atoms with Gasteiger partial charge in [0, 0.05) is 25.2 Å². The fourth-order valence-electron chi connectivity index (χ4n) is 3.41. The van der Waals surface area contributed by atoms with Crippen LogP contribution < -0.4 is 23.7 Å². The van der Waals surface area contributed by atoms with Crippen LogP contribution >= 0.6 is 0 Å². The minimum Gasteiger partial charge on any atom is -0.497 e. The second-order valence-electron chi connectivity index (χ2n) is 7.14. The Morgan fingerprint density at radius 1 is 1.06 bits per heavy atom. The number of sulfonamides is 1. The monoisotopic (exact) mass is 464 g/mol. The molecule has 0 unspecified atom stereocenters. The van der Waals surface area contributed by atoms with Crippen LogP contribution in [0.3, 0.4) is 0 Å². The van der Waals surface area contributed by atoms with Gasteiger partial charge in [-0.05, 0) is 24.3 Å². The van der Waals surface area contributed by atoms with E-state index in [0.717, 1.165) is 0 Å². The molecule has 4 rings (SSSR count). The average molecular weight is 464 g/mol. The van der Waals surface area contributed by atoms with Gasteiger partial charge in [-0.3, -0.25) is 9.52 Å². The summed E-state index contributed by atoms with van der Waals surface area (Å²) in [4.78, 5) is 14.3. The summed E-state index contributed by atoms with van der Waals surface area (Å²) in [5.74, 6) is 1.23. The second-order valence-corrected chi connectivity index (χ2v) is 8.82. The van der Waals surface area contributed by atoms with E-state index in [4.69, 9.17) is 23.7 Å². The molecule has 11 heteroatoms. The number of hydrogen-bond acceptors (Lipinski definition) is 8. The van der Waals surface area contributed by atoms with Crippen molar-refractivity contribution in [2.45, 2.75) is 11.0 Å². The molecular weight excluding hydrogens is 440 g/mol. The molecule has 2 aliphatic rings. The zero-order valence-electron chi connectivity index (χ0n) is 17.7. The Hall–Kier alpha value is -3.18. The summed E-state index contributed by atoms with van der Waals surface area (Å²) < 4.78 is 55.5. The first-order chi connectivity index (χ1) is 15.4. The number of ether oxygens (including phenoxy) is 5. The molecule has 172 valence electrons. The highest BCUT2D eigenvalue weighted by Crippen LogP contribution is 2.36. The number of fused-ring (bicyclic) bond motifs is 1. The number of carbonyl (C=O) groups excluding carboxylic acids is 1. The maximum absolute atomic E-state index is 12.9. The van der Waals surface area contributed by atoms with Gasteiger partial charge < -0.3 is 28.6 Å². The number of nitrogens with zero attached hydrogens (tertiary/aromatic N) is 1. The van der Waals surface area contributed by atoms with Crippen LogP contribution in [0.2, 0.25) is 0 Å². The lowest BCUT2D eigenvalue weighted by Crippen LogP contribution is -2.50. The summed E-state index contributed by atoms with van der Waals surface area (Å²) in [5, 5.41) is 0. The number of methoxy groups -OCH3 is 2. The van der Waals surface area contributed by atoms with Gasteiger partial charge in [0.15, 0.2) is 11.5 Å². The molecule has 0 aliphatic carbocycles. The average Bonchev–Trinajstić information content (AvgIpc) is 2.83. The largest absolute Gasteiger partial charge is 0.497 e. The van der Waals surface area contributed by atoms with Crippen molar-refractivity contribution in [3.05, 3.63) is 36.4 Å². The van der Waals surface area contributed by atoms with Gasteiger partial charge in [-0.2, -0.15) is 0 Å². The van der Waals surface area contributed by atoms with Gasteiger partial charge in [0.25, 0.3) is 15.9 Å².